The molecule has 5 heteroatoms. The lowest BCUT2D eigenvalue weighted by Crippen LogP contribution is -1.94. The van der Waals surface area contributed by atoms with Gasteiger partial charge in [-0.05, 0) is 13.8 Å². The van der Waals surface area contributed by atoms with Crippen molar-refractivity contribution in [3.8, 4) is 11.3 Å². The highest BCUT2D eigenvalue weighted by Gasteiger charge is 2.13. The van der Waals surface area contributed by atoms with Gasteiger partial charge in [-0.3, -0.25) is 0 Å². The molecule has 0 aliphatic rings. The van der Waals surface area contributed by atoms with Crippen molar-refractivity contribution in [2.75, 3.05) is 7.11 Å². The van der Waals surface area contributed by atoms with E-state index in [4.69, 9.17) is 9.26 Å². The van der Waals surface area contributed by atoms with Crippen molar-refractivity contribution in [2.24, 2.45) is 0 Å². The van der Waals surface area contributed by atoms with Crippen LogP contribution in [0.5, 0.6) is 0 Å². The summed E-state index contributed by atoms with van der Waals surface area (Å²) in [7, 11) is 1.68. The summed E-state index contributed by atoms with van der Waals surface area (Å²) >= 11 is 1.58. The molecule has 2 rings (SSSR count). The van der Waals surface area contributed by atoms with Gasteiger partial charge < -0.3 is 9.26 Å². The molecule has 0 saturated carbocycles. The van der Waals surface area contributed by atoms with Crippen LogP contribution in [0.3, 0.4) is 0 Å². The molecule has 2 aromatic heterocycles. The molecule has 2 heterocycles. The number of thiazole rings is 1. The Balaban J connectivity index is 2.32. The first-order chi connectivity index (χ1) is 7.22. The Morgan fingerprint density at radius 2 is 2.33 bits per heavy atom. The first-order valence-corrected chi connectivity index (χ1v) is 5.50. The Labute approximate surface area is 91.9 Å². The zero-order valence-corrected chi connectivity index (χ0v) is 9.67. The topological polar surface area (TPSA) is 48.2 Å². The lowest BCUT2D eigenvalue weighted by atomic mass is 10.2. The monoisotopic (exact) mass is 224 g/mol. The highest BCUT2D eigenvalue weighted by molar-refractivity contribution is 7.10. The van der Waals surface area contributed by atoms with E-state index in [1.165, 1.54) is 0 Å². The predicted molar refractivity (Wildman–Crippen MR) is 57.8 cm³/mol. The lowest BCUT2D eigenvalue weighted by molar-refractivity contribution is 0.119. The average molecular weight is 224 g/mol. The molecular weight excluding hydrogens is 212 g/mol. The number of ether oxygens (including phenoxy) is 1. The molecule has 2 aromatic rings. The van der Waals surface area contributed by atoms with Gasteiger partial charge in [-0.25, -0.2) is 4.98 Å². The maximum Gasteiger partial charge on any atom is 0.143 e. The molecule has 0 aliphatic carbocycles. The first-order valence-electron chi connectivity index (χ1n) is 4.62. The quantitative estimate of drug-likeness (QED) is 0.804. The molecule has 0 saturated heterocycles. The number of methoxy groups -OCH3 is 1. The SMILES string of the molecule is CO[C@@H](C)c1nc(-c2cnoc2C)cs1. The normalized spacial score (nSPS) is 13.0. The number of aryl methyl sites for hydroxylation is 1. The van der Waals surface area contributed by atoms with E-state index in [0.29, 0.717) is 0 Å². The maximum absolute atomic E-state index is 5.21. The minimum atomic E-state index is 0.0314. The molecule has 0 unspecified atom stereocenters. The van der Waals surface area contributed by atoms with E-state index in [-0.39, 0.29) is 6.10 Å². The van der Waals surface area contributed by atoms with Gasteiger partial charge in [-0.15, -0.1) is 11.3 Å². The number of hydrogen-bond acceptors (Lipinski definition) is 5. The molecule has 0 N–H and O–H groups in total. The Kier molecular flexibility index (Phi) is 2.83. The van der Waals surface area contributed by atoms with Gasteiger partial charge in [0.1, 0.15) is 16.9 Å². The van der Waals surface area contributed by atoms with Gasteiger partial charge in [0.15, 0.2) is 0 Å². The van der Waals surface area contributed by atoms with Crippen LogP contribution in [0.15, 0.2) is 16.1 Å². The average Bonchev–Trinajstić information content (AvgIpc) is 2.84. The van der Waals surface area contributed by atoms with E-state index in [9.17, 15) is 0 Å². The molecule has 0 aromatic carbocycles. The molecule has 0 fully saturated rings. The van der Waals surface area contributed by atoms with Crippen LogP contribution in [0.1, 0.15) is 23.8 Å². The highest BCUT2D eigenvalue weighted by atomic mass is 32.1. The summed E-state index contributed by atoms with van der Waals surface area (Å²) < 4.78 is 10.2. The van der Waals surface area contributed by atoms with Crippen LogP contribution >= 0.6 is 11.3 Å². The van der Waals surface area contributed by atoms with Crippen molar-refractivity contribution in [3.63, 3.8) is 0 Å². The van der Waals surface area contributed by atoms with Gasteiger partial charge >= 0.3 is 0 Å². The molecule has 0 spiro atoms. The minimum absolute atomic E-state index is 0.0314. The van der Waals surface area contributed by atoms with E-state index in [0.717, 1.165) is 22.0 Å². The highest BCUT2D eigenvalue weighted by Crippen LogP contribution is 2.28. The van der Waals surface area contributed by atoms with Gasteiger partial charge in [0.05, 0.1) is 17.5 Å². The third kappa shape index (κ3) is 1.93. The second-order valence-corrected chi connectivity index (χ2v) is 4.13. The largest absolute Gasteiger partial charge is 0.375 e. The van der Waals surface area contributed by atoms with E-state index in [1.54, 1.807) is 24.6 Å². The van der Waals surface area contributed by atoms with E-state index in [2.05, 4.69) is 10.1 Å². The van der Waals surface area contributed by atoms with Crippen molar-refractivity contribution < 1.29 is 9.26 Å². The van der Waals surface area contributed by atoms with E-state index >= 15 is 0 Å². The number of rotatable bonds is 3. The zero-order valence-electron chi connectivity index (χ0n) is 8.85. The summed E-state index contributed by atoms with van der Waals surface area (Å²) in [4.78, 5) is 4.48. The number of aromatic nitrogens is 2. The third-order valence-corrected chi connectivity index (χ3v) is 3.26. The summed E-state index contributed by atoms with van der Waals surface area (Å²) in [5.74, 6) is 0.789. The minimum Gasteiger partial charge on any atom is -0.375 e. The Morgan fingerprint density at radius 3 is 2.93 bits per heavy atom. The fraction of sp³-hybridized carbons (Fsp3) is 0.400. The molecule has 15 heavy (non-hydrogen) atoms. The van der Waals surface area contributed by atoms with Crippen LogP contribution in [0.25, 0.3) is 11.3 Å². The van der Waals surface area contributed by atoms with Gasteiger partial charge in [0, 0.05) is 12.5 Å². The fourth-order valence-electron chi connectivity index (χ4n) is 1.24. The molecule has 1 atom stereocenters. The summed E-state index contributed by atoms with van der Waals surface area (Å²) in [6.45, 7) is 3.85. The molecule has 0 bridgehead atoms. The van der Waals surface area contributed by atoms with Crippen molar-refractivity contribution >= 4 is 11.3 Å². The smallest absolute Gasteiger partial charge is 0.143 e. The fourth-order valence-corrected chi connectivity index (χ4v) is 2.09. The van der Waals surface area contributed by atoms with Crippen LogP contribution in [0.4, 0.5) is 0 Å². The van der Waals surface area contributed by atoms with Crippen LogP contribution in [-0.4, -0.2) is 17.3 Å². The van der Waals surface area contributed by atoms with E-state index < -0.39 is 0 Å². The van der Waals surface area contributed by atoms with Crippen molar-refractivity contribution in [1.82, 2.24) is 10.1 Å². The van der Waals surface area contributed by atoms with Crippen LogP contribution < -0.4 is 0 Å². The Bertz CT molecular complexity index is 450. The summed E-state index contributed by atoms with van der Waals surface area (Å²) in [6, 6.07) is 0. The van der Waals surface area contributed by atoms with Crippen LogP contribution in [0.2, 0.25) is 0 Å². The number of hydrogen-bond donors (Lipinski definition) is 0. The standard InChI is InChI=1S/C10H12N2O2S/c1-6-8(4-11-14-6)9-5-15-10(12-9)7(2)13-3/h4-5,7H,1-3H3/t7-/m0/s1. The van der Waals surface area contributed by atoms with E-state index in [1.807, 2.05) is 19.2 Å². The summed E-state index contributed by atoms with van der Waals surface area (Å²) in [5, 5.41) is 6.69. The van der Waals surface area contributed by atoms with Gasteiger partial charge in [-0.2, -0.15) is 0 Å². The molecule has 4 nitrogen and oxygen atoms in total. The van der Waals surface area contributed by atoms with Crippen molar-refractivity contribution in [1.29, 1.82) is 0 Å². The molecule has 0 amide bonds. The predicted octanol–water partition coefficient (Wildman–Crippen LogP) is 2.81. The molecule has 0 aliphatic heterocycles. The molecule has 80 valence electrons. The van der Waals surface area contributed by atoms with Gasteiger partial charge in [0.25, 0.3) is 0 Å². The zero-order chi connectivity index (χ0) is 10.8. The van der Waals surface area contributed by atoms with Crippen molar-refractivity contribution in [3.05, 3.63) is 22.3 Å². The molecule has 0 radical (unpaired) electrons. The summed E-state index contributed by atoms with van der Waals surface area (Å²) in [6.07, 6.45) is 1.72. The third-order valence-electron chi connectivity index (χ3n) is 2.25. The second kappa shape index (κ2) is 4.12. The Hall–Kier alpha value is -1.20. The maximum atomic E-state index is 5.21. The van der Waals surface area contributed by atoms with Crippen molar-refractivity contribution in [2.45, 2.75) is 20.0 Å². The molecular formula is C10H12N2O2S. The number of nitrogens with zero attached hydrogens (tertiary/aromatic N) is 2. The van der Waals surface area contributed by atoms with Crippen LogP contribution in [-0.2, 0) is 4.74 Å². The summed E-state index contributed by atoms with van der Waals surface area (Å²) in [5.41, 5.74) is 1.85. The Morgan fingerprint density at radius 1 is 1.53 bits per heavy atom. The lowest BCUT2D eigenvalue weighted by Gasteiger charge is -2.03. The second-order valence-electron chi connectivity index (χ2n) is 3.24. The van der Waals surface area contributed by atoms with Gasteiger partial charge in [-0.1, -0.05) is 5.16 Å². The van der Waals surface area contributed by atoms with Gasteiger partial charge in [0.2, 0.25) is 0 Å². The first kappa shape index (κ1) is 10.3. The van der Waals surface area contributed by atoms with Crippen LogP contribution in [0, 0.1) is 6.92 Å².